The van der Waals surface area contributed by atoms with Crippen molar-refractivity contribution in [2.75, 3.05) is 19.8 Å². The Bertz CT molecular complexity index is 149. The van der Waals surface area contributed by atoms with E-state index in [1.165, 1.54) is 32.1 Å². The molecule has 0 aromatic carbocycles. The molecule has 0 aromatic heterocycles. The van der Waals surface area contributed by atoms with Gasteiger partial charge in [-0.3, -0.25) is 0 Å². The Hall–Kier alpha value is -0.0800. The van der Waals surface area contributed by atoms with E-state index in [0.29, 0.717) is 0 Å². The van der Waals surface area contributed by atoms with E-state index in [9.17, 15) is 0 Å². The van der Waals surface area contributed by atoms with Crippen LogP contribution in [0.1, 0.15) is 52.4 Å². The number of nitrogens with one attached hydrogen (secondary N) is 1. The molecule has 2 heteroatoms. The lowest BCUT2D eigenvalue weighted by atomic mass is 9.85. The summed E-state index contributed by atoms with van der Waals surface area (Å²) in [5.74, 6) is 0.761. The Morgan fingerprint density at radius 2 is 1.93 bits per heavy atom. The van der Waals surface area contributed by atoms with E-state index in [1.807, 2.05) is 0 Å². The molecule has 0 amide bonds. The maximum absolute atomic E-state index is 5.69. The van der Waals surface area contributed by atoms with Gasteiger partial charge in [0.25, 0.3) is 0 Å². The summed E-state index contributed by atoms with van der Waals surface area (Å²) >= 11 is 0. The maximum atomic E-state index is 5.69. The fraction of sp³-hybridized carbons (Fsp3) is 1.00. The SMILES string of the molecule is CCCNC1CCCCC1COCCC. The summed E-state index contributed by atoms with van der Waals surface area (Å²) in [6.45, 7) is 7.47. The molecule has 0 bridgehead atoms. The van der Waals surface area contributed by atoms with Crippen molar-refractivity contribution in [3.05, 3.63) is 0 Å². The van der Waals surface area contributed by atoms with E-state index in [1.54, 1.807) is 0 Å². The Morgan fingerprint density at radius 3 is 2.67 bits per heavy atom. The molecule has 1 aliphatic rings. The summed E-state index contributed by atoms with van der Waals surface area (Å²) in [6.07, 6.45) is 7.86. The van der Waals surface area contributed by atoms with Crippen molar-refractivity contribution in [1.82, 2.24) is 5.32 Å². The summed E-state index contributed by atoms with van der Waals surface area (Å²) in [5, 5.41) is 3.67. The second-order valence-electron chi connectivity index (χ2n) is 4.68. The lowest BCUT2D eigenvalue weighted by molar-refractivity contribution is 0.0701. The van der Waals surface area contributed by atoms with Crippen LogP contribution in [0, 0.1) is 5.92 Å². The molecule has 0 radical (unpaired) electrons. The minimum Gasteiger partial charge on any atom is -0.381 e. The molecule has 15 heavy (non-hydrogen) atoms. The van der Waals surface area contributed by atoms with Gasteiger partial charge in [0, 0.05) is 12.6 Å². The van der Waals surface area contributed by atoms with Gasteiger partial charge in [0.2, 0.25) is 0 Å². The van der Waals surface area contributed by atoms with Crippen LogP contribution in [0.2, 0.25) is 0 Å². The van der Waals surface area contributed by atoms with E-state index in [-0.39, 0.29) is 0 Å². The van der Waals surface area contributed by atoms with Crippen LogP contribution in [0.25, 0.3) is 0 Å². The molecule has 90 valence electrons. The van der Waals surface area contributed by atoms with Gasteiger partial charge >= 0.3 is 0 Å². The fourth-order valence-corrected chi connectivity index (χ4v) is 2.38. The van der Waals surface area contributed by atoms with Gasteiger partial charge in [0.05, 0.1) is 6.61 Å². The minimum atomic E-state index is 0.718. The zero-order valence-electron chi connectivity index (χ0n) is 10.4. The molecule has 1 saturated carbocycles. The molecule has 2 atom stereocenters. The monoisotopic (exact) mass is 213 g/mol. The molecule has 1 fully saturated rings. The second-order valence-corrected chi connectivity index (χ2v) is 4.68. The first-order chi connectivity index (χ1) is 7.38. The lowest BCUT2D eigenvalue weighted by Crippen LogP contribution is -2.41. The van der Waals surface area contributed by atoms with Gasteiger partial charge < -0.3 is 10.1 Å². The quantitative estimate of drug-likeness (QED) is 0.656. The first-order valence-corrected chi connectivity index (χ1v) is 6.69. The van der Waals surface area contributed by atoms with Crippen LogP contribution in [0.4, 0.5) is 0 Å². The van der Waals surface area contributed by atoms with Gasteiger partial charge in [0.1, 0.15) is 0 Å². The van der Waals surface area contributed by atoms with Crippen molar-refractivity contribution in [1.29, 1.82) is 0 Å². The molecular formula is C13H27NO. The van der Waals surface area contributed by atoms with E-state index in [0.717, 1.165) is 38.1 Å². The molecule has 2 unspecified atom stereocenters. The summed E-state index contributed by atoms with van der Waals surface area (Å²) in [7, 11) is 0. The third-order valence-corrected chi connectivity index (χ3v) is 3.25. The first-order valence-electron chi connectivity index (χ1n) is 6.69. The van der Waals surface area contributed by atoms with Crippen LogP contribution < -0.4 is 5.32 Å². The van der Waals surface area contributed by atoms with Crippen LogP contribution in [0.15, 0.2) is 0 Å². The van der Waals surface area contributed by atoms with Crippen LogP contribution >= 0.6 is 0 Å². The van der Waals surface area contributed by atoms with Crippen molar-refractivity contribution in [3.63, 3.8) is 0 Å². The van der Waals surface area contributed by atoms with Crippen LogP contribution in [0.3, 0.4) is 0 Å². The van der Waals surface area contributed by atoms with Gasteiger partial charge in [-0.15, -0.1) is 0 Å². The minimum absolute atomic E-state index is 0.718. The molecule has 1 rings (SSSR count). The van der Waals surface area contributed by atoms with Crippen molar-refractivity contribution < 1.29 is 4.74 Å². The lowest BCUT2D eigenvalue weighted by Gasteiger charge is -2.32. The molecule has 0 aliphatic heterocycles. The number of ether oxygens (including phenoxy) is 1. The Morgan fingerprint density at radius 1 is 1.13 bits per heavy atom. The Balaban J connectivity index is 2.22. The molecular weight excluding hydrogens is 186 g/mol. The van der Waals surface area contributed by atoms with Crippen molar-refractivity contribution in [2.45, 2.75) is 58.4 Å². The second kappa shape index (κ2) is 8.12. The maximum Gasteiger partial charge on any atom is 0.0509 e. The van der Waals surface area contributed by atoms with Crippen LogP contribution in [-0.4, -0.2) is 25.8 Å². The van der Waals surface area contributed by atoms with Crippen molar-refractivity contribution in [3.8, 4) is 0 Å². The zero-order chi connectivity index (χ0) is 10.9. The highest BCUT2D eigenvalue weighted by molar-refractivity contribution is 4.80. The standard InChI is InChI=1S/C13H27NO/c1-3-9-14-13-8-6-5-7-12(13)11-15-10-4-2/h12-14H,3-11H2,1-2H3. The fourth-order valence-electron chi connectivity index (χ4n) is 2.38. The predicted molar refractivity (Wildman–Crippen MR) is 65.1 cm³/mol. The van der Waals surface area contributed by atoms with E-state index in [2.05, 4.69) is 19.2 Å². The Labute approximate surface area is 94.8 Å². The van der Waals surface area contributed by atoms with Crippen molar-refractivity contribution in [2.24, 2.45) is 5.92 Å². The average Bonchev–Trinajstić information content (AvgIpc) is 2.28. The predicted octanol–water partition coefficient (Wildman–Crippen LogP) is 2.97. The van der Waals surface area contributed by atoms with Gasteiger partial charge in [-0.25, -0.2) is 0 Å². The Kier molecular flexibility index (Phi) is 7.03. The zero-order valence-corrected chi connectivity index (χ0v) is 10.4. The topological polar surface area (TPSA) is 21.3 Å². The highest BCUT2D eigenvalue weighted by atomic mass is 16.5. The summed E-state index contributed by atoms with van der Waals surface area (Å²) in [5.41, 5.74) is 0. The van der Waals surface area contributed by atoms with Crippen molar-refractivity contribution >= 4 is 0 Å². The van der Waals surface area contributed by atoms with Gasteiger partial charge in [0.15, 0.2) is 0 Å². The van der Waals surface area contributed by atoms with Gasteiger partial charge in [-0.05, 0) is 38.1 Å². The number of hydrogen-bond donors (Lipinski definition) is 1. The molecule has 1 N–H and O–H groups in total. The van der Waals surface area contributed by atoms with E-state index in [4.69, 9.17) is 4.74 Å². The van der Waals surface area contributed by atoms with E-state index < -0.39 is 0 Å². The molecule has 0 saturated heterocycles. The van der Waals surface area contributed by atoms with Crippen LogP contribution in [-0.2, 0) is 4.74 Å². The smallest absolute Gasteiger partial charge is 0.0509 e. The average molecular weight is 213 g/mol. The highest BCUT2D eigenvalue weighted by Crippen LogP contribution is 2.24. The molecule has 1 aliphatic carbocycles. The summed E-state index contributed by atoms with van der Waals surface area (Å²) in [6, 6.07) is 0.718. The third kappa shape index (κ3) is 4.98. The third-order valence-electron chi connectivity index (χ3n) is 3.25. The van der Waals surface area contributed by atoms with Gasteiger partial charge in [-0.1, -0.05) is 26.7 Å². The summed E-state index contributed by atoms with van der Waals surface area (Å²) < 4.78 is 5.69. The highest BCUT2D eigenvalue weighted by Gasteiger charge is 2.24. The number of rotatable bonds is 7. The molecule has 0 aromatic rings. The first kappa shape index (κ1) is 13.0. The van der Waals surface area contributed by atoms with E-state index >= 15 is 0 Å². The molecule has 0 spiro atoms. The van der Waals surface area contributed by atoms with Crippen LogP contribution in [0.5, 0.6) is 0 Å². The molecule has 0 heterocycles. The molecule has 2 nitrogen and oxygen atoms in total. The largest absolute Gasteiger partial charge is 0.381 e. The van der Waals surface area contributed by atoms with Gasteiger partial charge in [-0.2, -0.15) is 0 Å². The normalized spacial score (nSPS) is 26.8. The number of hydrogen-bond acceptors (Lipinski definition) is 2. The summed E-state index contributed by atoms with van der Waals surface area (Å²) in [4.78, 5) is 0.